The summed E-state index contributed by atoms with van der Waals surface area (Å²) < 4.78 is 5.44. The molecule has 0 bridgehead atoms. The van der Waals surface area contributed by atoms with E-state index in [9.17, 15) is 4.79 Å². The summed E-state index contributed by atoms with van der Waals surface area (Å²) in [5.74, 6) is -0.873. The van der Waals surface area contributed by atoms with E-state index in [1.54, 1.807) is 0 Å². The van der Waals surface area contributed by atoms with E-state index in [4.69, 9.17) is 21.4 Å². The van der Waals surface area contributed by atoms with E-state index in [1.165, 1.54) is 0 Å². The summed E-state index contributed by atoms with van der Waals surface area (Å²) in [5.41, 5.74) is 1.04. The van der Waals surface area contributed by atoms with Gasteiger partial charge in [-0.1, -0.05) is 29.8 Å². The average molecular weight is 284 g/mol. The minimum absolute atomic E-state index is 0.0361. The molecule has 1 aliphatic heterocycles. The SMILES string of the molecule is C[C@@H](NCC1CCC(C(=O)O)O1)c1ccccc1Cl. The molecule has 1 fully saturated rings. The number of hydrogen-bond acceptors (Lipinski definition) is 3. The van der Waals surface area contributed by atoms with Gasteiger partial charge in [-0.25, -0.2) is 4.79 Å². The summed E-state index contributed by atoms with van der Waals surface area (Å²) in [6, 6.07) is 7.81. The average Bonchev–Trinajstić information content (AvgIpc) is 2.85. The minimum atomic E-state index is -0.873. The van der Waals surface area contributed by atoms with Crippen molar-refractivity contribution in [3.63, 3.8) is 0 Å². The Morgan fingerprint density at radius 2 is 2.26 bits per heavy atom. The number of aliphatic carboxylic acids is 1. The van der Waals surface area contributed by atoms with E-state index in [0.29, 0.717) is 13.0 Å². The lowest BCUT2D eigenvalue weighted by atomic mass is 10.1. The zero-order chi connectivity index (χ0) is 13.8. The van der Waals surface area contributed by atoms with Crippen LogP contribution in [0.25, 0.3) is 0 Å². The quantitative estimate of drug-likeness (QED) is 0.872. The highest BCUT2D eigenvalue weighted by atomic mass is 35.5. The topological polar surface area (TPSA) is 58.6 Å². The standard InChI is InChI=1S/C14H18ClNO3/c1-9(11-4-2-3-5-12(11)15)16-8-10-6-7-13(19-10)14(17)18/h2-5,9-10,13,16H,6-8H2,1H3,(H,17,18)/t9-,10?,13?/m1/s1. The number of halogens is 1. The van der Waals surface area contributed by atoms with Gasteiger partial charge in [0.2, 0.25) is 0 Å². The molecule has 2 unspecified atom stereocenters. The molecule has 1 saturated heterocycles. The fourth-order valence-corrected chi connectivity index (χ4v) is 2.58. The predicted octanol–water partition coefficient (Wildman–Crippen LogP) is 2.62. The molecule has 19 heavy (non-hydrogen) atoms. The van der Waals surface area contributed by atoms with Gasteiger partial charge in [0.05, 0.1) is 6.10 Å². The molecule has 1 aromatic rings. The summed E-state index contributed by atoms with van der Waals surface area (Å²) in [6.45, 7) is 2.67. The van der Waals surface area contributed by atoms with Crippen LogP contribution < -0.4 is 5.32 Å². The van der Waals surface area contributed by atoms with Crippen LogP contribution in [0.2, 0.25) is 5.02 Å². The van der Waals surface area contributed by atoms with E-state index in [2.05, 4.69) is 5.32 Å². The summed E-state index contributed by atoms with van der Waals surface area (Å²) in [6.07, 6.45) is 0.676. The van der Waals surface area contributed by atoms with Gasteiger partial charge >= 0.3 is 5.97 Å². The number of benzene rings is 1. The smallest absolute Gasteiger partial charge is 0.332 e. The van der Waals surface area contributed by atoms with Gasteiger partial charge in [0.15, 0.2) is 6.10 Å². The van der Waals surface area contributed by atoms with E-state index < -0.39 is 12.1 Å². The molecule has 4 nitrogen and oxygen atoms in total. The molecule has 104 valence electrons. The van der Waals surface area contributed by atoms with Crippen LogP contribution in [0.5, 0.6) is 0 Å². The molecule has 0 spiro atoms. The lowest BCUT2D eigenvalue weighted by Crippen LogP contribution is -2.30. The van der Waals surface area contributed by atoms with Gasteiger partial charge in [-0.3, -0.25) is 0 Å². The first kappa shape index (κ1) is 14.3. The van der Waals surface area contributed by atoms with Crippen molar-refractivity contribution in [1.29, 1.82) is 0 Å². The summed E-state index contributed by atoms with van der Waals surface area (Å²) in [5, 5.41) is 12.9. The van der Waals surface area contributed by atoms with Gasteiger partial charge in [-0.15, -0.1) is 0 Å². The number of rotatable bonds is 5. The maximum Gasteiger partial charge on any atom is 0.332 e. The number of carbonyl (C=O) groups is 1. The lowest BCUT2D eigenvalue weighted by Gasteiger charge is -2.18. The van der Waals surface area contributed by atoms with Crippen molar-refractivity contribution in [2.45, 2.75) is 38.0 Å². The van der Waals surface area contributed by atoms with Gasteiger partial charge in [0.1, 0.15) is 0 Å². The fourth-order valence-electron chi connectivity index (χ4n) is 2.28. The molecule has 1 heterocycles. The van der Waals surface area contributed by atoms with Gasteiger partial charge in [-0.2, -0.15) is 0 Å². The van der Waals surface area contributed by atoms with Crippen molar-refractivity contribution in [3.05, 3.63) is 34.9 Å². The molecular formula is C14H18ClNO3. The van der Waals surface area contributed by atoms with Crippen LogP contribution in [0.15, 0.2) is 24.3 Å². The first-order chi connectivity index (χ1) is 9.08. The van der Waals surface area contributed by atoms with Crippen LogP contribution in [0.4, 0.5) is 0 Å². The summed E-state index contributed by atoms with van der Waals surface area (Å²) in [4.78, 5) is 10.8. The highest BCUT2D eigenvalue weighted by molar-refractivity contribution is 6.31. The molecular weight excluding hydrogens is 266 g/mol. The Morgan fingerprint density at radius 1 is 1.53 bits per heavy atom. The molecule has 1 aliphatic rings. The van der Waals surface area contributed by atoms with Crippen LogP contribution in [0, 0.1) is 0 Å². The van der Waals surface area contributed by atoms with Crippen LogP contribution in [-0.4, -0.2) is 29.8 Å². The molecule has 0 radical (unpaired) electrons. The Kier molecular flexibility index (Phi) is 4.80. The fraction of sp³-hybridized carbons (Fsp3) is 0.500. The van der Waals surface area contributed by atoms with Gasteiger partial charge in [0, 0.05) is 17.6 Å². The van der Waals surface area contributed by atoms with Crippen molar-refractivity contribution in [1.82, 2.24) is 5.32 Å². The Bertz CT molecular complexity index is 452. The zero-order valence-electron chi connectivity index (χ0n) is 10.8. The van der Waals surface area contributed by atoms with Crippen molar-refractivity contribution in [3.8, 4) is 0 Å². The maximum absolute atomic E-state index is 10.8. The van der Waals surface area contributed by atoms with E-state index in [0.717, 1.165) is 17.0 Å². The first-order valence-corrected chi connectivity index (χ1v) is 6.82. The highest BCUT2D eigenvalue weighted by Gasteiger charge is 2.30. The molecule has 2 N–H and O–H groups in total. The number of ether oxygens (including phenoxy) is 1. The van der Waals surface area contributed by atoms with Gasteiger partial charge < -0.3 is 15.2 Å². The van der Waals surface area contributed by atoms with Gasteiger partial charge in [0.25, 0.3) is 0 Å². The van der Waals surface area contributed by atoms with E-state index in [1.807, 2.05) is 31.2 Å². The number of carboxylic acids is 1. The molecule has 0 saturated carbocycles. The molecule has 1 aromatic carbocycles. The molecule has 2 rings (SSSR count). The van der Waals surface area contributed by atoms with Gasteiger partial charge in [-0.05, 0) is 31.4 Å². The van der Waals surface area contributed by atoms with E-state index in [-0.39, 0.29) is 12.1 Å². The molecule has 0 aromatic heterocycles. The van der Waals surface area contributed by atoms with Crippen molar-refractivity contribution >= 4 is 17.6 Å². The second-order valence-electron chi connectivity index (χ2n) is 4.81. The lowest BCUT2D eigenvalue weighted by molar-refractivity contribution is -0.149. The first-order valence-electron chi connectivity index (χ1n) is 6.44. The van der Waals surface area contributed by atoms with Crippen LogP contribution in [0.1, 0.15) is 31.4 Å². The summed E-state index contributed by atoms with van der Waals surface area (Å²) >= 11 is 6.13. The van der Waals surface area contributed by atoms with Crippen LogP contribution in [0.3, 0.4) is 0 Å². The largest absolute Gasteiger partial charge is 0.479 e. The Balaban J connectivity index is 1.83. The Labute approximate surface area is 117 Å². The highest BCUT2D eigenvalue weighted by Crippen LogP contribution is 2.23. The molecule has 3 atom stereocenters. The molecule has 0 amide bonds. The number of carboxylic acid groups (broad SMARTS) is 1. The Hall–Kier alpha value is -1.10. The Morgan fingerprint density at radius 3 is 2.89 bits per heavy atom. The van der Waals surface area contributed by atoms with Crippen molar-refractivity contribution in [2.24, 2.45) is 0 Å². The van der Waals surface area contributed by atoms with Crippen molar-refractivity contribution in [2.75, 3.05) is 6.54 Å². The van der Waals surface area contributed by atoms with E-state index >= 15 is 0 Å². The third kappa shape index (κ3) is 3.69. The number of nitrogens with one attached hydrogen (secondary N) is 1. The third-order valence-electron chi connectivity index (χ3n) is 3.41. The second kappa shape index (κ2) is 6.37. The van der Waals surface area contributed by atoms with Crippen molar-refractivity contribution < 1.29 is 14.6 Å². The zero-order valence-corrected chi connectivity index (χ0v) is 11.6. The van der Waals surface area contributed by atoms with Crippen LogP contribution in [-0.2, 0) is 9.53 Å². The minimum Gasteiger partial charge on any atom is -0.479 e. The maximum atomic E-state index is 10.8. The predicted molar refractivity (Wildman–Crippen MR) is 73.4 cm³/mol. The normalized spacial score (nSPS) is 24.3. The third-order valence-corrected chi connectivity index (χ3v) is 3.75. The number of hydrogen-bond donors (Lipinski definition) is 2. The monoisotopic (exact) mass is 283 g/mol. The van der Waals surface area contributed by atoms with Crippen LogP contribution >= 0.6 is 11.6 Å². The summed E-state index contributed by atoms with van der Waals surface area (Å²) in [7, 11) is 0. The second-order valence-corrected chi connectivity index (χ2v) is 5.22. The molecule has 5 heteroatoms. The molecule has 0 aliphatic carbocycles.